The second kappa shape index (κ2) is 31.4. The molecule has 0 spiro atoms. The van der Waals surface area contributed by atoms with Crippen LogP contribution >= 0.6 is 82.5 Å². The zero-order valence-corrected chi connectivity index (χ0v) is 52.2. The van der Waals surface area contributed by atoms with Gasteiger partial charge in [-0.1, -0.05) is 52.9 Å². The van der Waals surface area contributed by atoms with Gasteiger partial charge in [-0.05, 0) is 135 Å². The van der Waals surface area contributed by atoms with Crippen molar-refractivity contribution in [2.24, 2.45) is 0 Å². The summed E-state index contributed by atoms with van der Waals surface area (Å²) in [6, 6.07) is 18.5. The number of ether oxygens (including phenoxy) is 10. The Morgan fingerprint density at radius 3 is 1.59 bits per heavy atom. The predicted molar refractivity (Wildman–Crippen MR) is 309 cm³/mol. The van der Waals surface area contributed by atoms with Gasteiger partial charge in [-0.25, -0.2) is 19.2 Å². The average molecular weight is 1510 g/mol. The molecular weight excluding hydrogens is 1450 g/mol. The Morgan fingerprint density at radius 2 is 1.07 bits per heavy atom. The van der Waals surface area contributed by atoms with Crippen LogP contribution in [0.3, 0.4) is 0 Å². The monoisotopic (exact) mass is 1510 g/mol. The van der Waals surface area contributed by atoms with Gasteiger partial charge in [0, 0.05) is 28.4 Å². The van der Waals surface area contributed by atoms with Crippen LogP contribution in [0.25, 0.3) is 21.9 Å². The summed E-state index contributed by atoms with van der Waals surface area (Å²) in [5, 5.41) is 23.2. The fourth-order valence-electron chi connectivity index (χ4n) is 7.43. The molecule has 21 heteroatoms. The Bertz CT molecular complexity index is 2820. The van der Waals surface area contributed by atoms with Gasteiger partial charge in [0.1, 0.15) is 17.4 Å². The quantitative estimate of drug-likeness (QED) is 0.0334. The molecule has 398 valence electrons. The number of halogens is 4. The first kappa shape index (κ1) is 62.7. The Hall–Kier alpha value is -3.82. The summed E-state index contributed by atoms with van der Waals surface area (Å²) in [6.45, 7) is 16.7. The molecule has 16 nitrogen and oxygen atoms in total. The zero-order valence-electron chi connectivity index (χ0n) is 42.2. The first-order valence-electron chi connectivity index (χ1n) is 22.9. The molecule has 3 heterocycles. The number of hydrogen-bond donors (Lipinski definition) is 2. The van der Waals surface area contributed by atoms with Crippen LogP contribution in [0.1, 0.15) is 99.7 Å². The molecule has 0 radical (unpaired) electrons. The Labute approximate surface area is 482 Å². The normalized spacial score (nSPS) is 13.0. The predicted octanol–water partition coefficient (Wildman–Crippen LogP) is 11.9. The van der Waals surface area contributed by atoms with E-state index in [-0.39, 0.29) is 61.8 Å². The van der Waals surface area contributed by atoms with Crippen molar-refractivity contribution in [2.75, 3.05) is 58.2 Å². The maximum atomic E-state index is 13.2. The number of fused-ring (bicyclic) bond motifs is 3. The maximum absolute atomic E-state index is 13.2. The van der Waals surface area contributed by atoms with Crippen molar-refractivity contribution in [2.45, 2.75) is 67.8 Å². The molecule has 0 bridgehead atoms. The Kier molecular flexibility index (Phi) is 26.6. The third kappa shape index (κ3) is 17.1. The third-order valence-corrected chi connectivity index (χ3v) is 10.9. The topological polar surface area (TPSA) is 201 Å². The average Bonchev–Trinajstić information content (AvgIpc) is 4.19. The van der Waals surface area contributed by atoms with Gasteiger partial charge in [-0.2, -0.15) is 0 Å². The number of aliphatic hydroxyl groups excluding tert-OH is 1. The van der Waals surface area contributed by atoms with Crippen molar-refractivity contribution < 1.29 is 81.7 Å². The van der Waals surface area contributed by atoms with E-state index in [4.69, 9.17) is 37.9 Å². The molecule has 3 aliphatic heterocycles. The van der Waals surface area contributed by atoms with E-state index in [1.165, 1.54) is 0 Å². The van der Waals surface area contributed by atoms with Crippen molar-refractivity contribution in [3.8, 4) is 51.7 Å². The number of carbonyl (C=O) groups excluding carboxylic acids is 4. The van der Waals surface area contributed by atoms with Gasteiger partial charge in [0.25, 0.3) is 0 Å². The van der Waals surface area contributed by atoms with Gasteiger partial charge >= 0.3 is 88.7 Å². The molecule has 1 unspecified atom stereocenters. The second-order valence-electron chi connectivity index (χ2n) is 15.5. The van der Waals surface area contributed by atoms with Crippen molar-refractivity contribution in [3.05, 3.63) is 111 Å². The number of aromatic hydroxyl groups is 1. The number of rotatable bonds is 10. The van der Waals surface area contributed by atoms with Crippen molar-refractivity contribution in [3.63, 3.8) is 0 Å². The first-order valence-corrected chi connectivity index (χ1v) is 38.6. The van der Waals surface area contributed by atoms with Crippen LogP contribution in [-0.2, 0) is 42.9 Å². The molecule has 2 N–H and O–H groups in total. The summed E-state index contributed by atoms with van der Waals surface area (Å²) in [7, 11) is 0. The van der Waals surface area contributed by atoms with Crippen molar-refractivity contribution >= 4 is 117 Å². The van der Waals surface area contributed by atoms with Crippen LogP contribution in [0, 0.1) is 39.5 Å². The molecule has 3 aliphatic rings. The Balaban J connectivity index is 0.000000248. The minimum absolute atomic E-state index is 0.0441. The van der Waals surface area contributed by atoms with Crippen LogP contribution in [-0.4, -0.2) is 92.2 Å². The molecule has 8 rings (SSSR count). The van der Waals surface area contributed by atoms with E-state index < -0.39 is 36.3 Å². The first-order chi connectivity index (χ1) is 35.4. The SMILES string of the molecule is CCOC(=O)C#CC(=O)OCC.CCOC(=O)c1c(C(=O)OCC)c(-c2ccc3c(c2)OCO3)c2cc(C)c(C)cc2c1O.CI.Cc1cc(C2OCCO2)c(C(O)c2ccc3c(c2)OCO3)cc1C.[I][V]([I])[I]. The van der Waals surface area contributed by atoms with Crippen LogP contribution in [0.5, 0.6) is 28.7 Å². The molecule has 1 atom stereocenters. The standard InChI is InChI=1S/C25H24O7.C19H20O5.C8H10O4.CH3I.3HI.V/c1-5-29-24(27)21-20(15-7-8-18-19(11-15)32-12-31-18)16-9-13(3)14(4)10-17(16)23(26)22(21)25(28)30-6-2;1-11-7-14(15(8-12(11)2)19-21-5-6-22-19)18(20)13-3-4-16-17(9-13)24-10-23-16;1-3-11-7(9)5-6-8(10)12-4-2;1-2;;;;/h7-11,26H,5-6,12H2,1-4H3;3-4,7-9,18-20H,5-6,10H2,1-2H3;3-4H2,1-2H3;1H3;3*1H;/q;;;;;;;+3/p-3. The fraction of sp³-hybridized carbons (Fsp3) is 0.358. The summed E-state index contributed by atoms with van der Waals surface area (Å²) in [6.07, 6.45) is -1.22. The number of aryl methyl sites for hydroxylation is 4. The number of hydrogen-bond acceptors (Lipinski definition) is 16. The number of esters is 4. The van der Waals surface area contributed by atoms with E-state index in [0.29, 0.717) is 58.1 Å². The molecular formula is C53H57I4O16V. The van der Waals surface area contributed by atoms with Crippen molar-refractivity contribution in [1.82, 2.24) is 0 Å². The van der Waals surface area contributed by atoms with Gasteiger partial charge in [0.05, 0.1) is 45.2 Å². The molecule has 1 saturated heterocycles. The summed E-state index contributed by atoms with van der Waals surface area (Å²) in [5.41, 5.74) is 7.41. The summed E-state index contributed by atoms with van der Waals surface area (Å²) < 4.78 is 52.4. The van der Waals surface area contributed by atoms with Gasteiger partial charge in [-0.3, -0.25) is 0 Å². The fourth-order valence-corrected chi connectivity index (χ4v) is 7.43. The van der Waals surface area contributed by atoms with E-state index in [9.17, 15) is 29.4 Å². The Morgan fingerprint density at radius 1 is 0.622 bits per heavy atom. The molecule has 0 aromatic heterocycles. The number of aliphatic hydroxyl groups is 1. The molecule has 1 fully saturated rings. The molecule has 5 aromatic rings. The van der Waals surface area contributed by atoms with E-state index >= 15 is 0 Å². The van der Waals surface area contributed by atoms with E-state index in [1.54, 1.807) is 52.0 Å². The van der Waals surface area contributed by atoms with Gasteiger partial charge in [0.15, 0.2) is 29.3 Å². The van der Waals surface area contributed by atoms with E-state index in [2.05, 4.69) is 92.0 Å². The molecule has 0 amide bonds. The number of benzene rings is 5. The van der Waals surface area contributed by atoms with Gasteiger partial charge < -0.3 is 57.6 Å². The summed E-state index contributed by atoms with van der Waals surface area (Å²) in [4.78, 5) is 48.9. The number of phenols is 1. The summed E-state index contributed by atoms with van der Waals surface area (Å²) in [5.74, 6) is 3.18. The molecule has 0 saturated carbocycles. The van der Waals surface area contributed by atoms with Gasteiger partial charge in [-0.15, -0.1) is 0 Å². The molecule has 74 heavy (non-hydrogen) atoms. The van der Waals surface area contributed by atoms with Crippen LogP contribution < -0.4 is 18.9 Å². The number of phenolic OH excluding ortho intramolecular Hbond substituents is 1. The molecule has 0 aliphatic carbocycles. The zero-order chi connectivity index (χ0) is 54.6. The number of carbonyl (C=O) groups is 4. The van der Waals surface area contributed by atoms with Gasteiger partial charge in [0.2, 0.25) is 13.6 Å². The molecule has 5 aromatic carbocycles. The van der Waals surface area contributed by atoms with E-state index in [0.717, 1.165) is 38.9 Å². The van der Waals surface area contributed by atoms with Crippen LogP contribution in [0.4, 0.5) is 0 Å². The summed E-state index contributed by atoms with van der Waals surface area (Å²) >= 11 is 9.54. The third-order valence-electron chi connectivity index (χ3n) is 10.9. The van der Waals surface area contributed by atoms with E-state index in [1.807, 2.05) is 80.9 Å². The minimum atomic E-state index is -0.796. The number of alkyl halides is 1. The van der Waals surface area contributed by atoms with Crippen LogP contribution in [0.2, 0.25) is 0 Å². The second-order valence-corrected chi connectivity index (χ2v) is 50.9. The van der Waals surface area contributed by atoms with Crippen molar-refractivity contribution in [1.29, 1.82) is 0 Å². The van der Waals surface area contributed by atoms with Crippen LogP contribution in [0.15, 0.2) is 60.7 Å².